The van der Waals surface area contributed by atoms with E-state index in [1.165, 1.54) is 43.4 Å². The van der Waals surface area contributed by atoms with Crippen molar-refractivity contribution < 1.29 is 0 Å². The SMILES string of the molecule is c1ccc2c(c1)c1cc(-c3ccc4ncncc4c3)ccc1c1ccc(-c3ccc4nccnc4c3)cc21. The zero-order chi connectivity index (χ0) is 25.1. The van der Waals surface area contributed by atoms with Crippen molar-refractivity contribution in [3.63, 3.8) is 0 Å². The van der Waals surface area contributed by atoms with Gasteiger partial charge in [-0.3, -0.25) is 9.97 Å². The van der Waals surface area contributed by atoms with Crippen LogP contribution in [0.2, 0.25) is 0 Å². The Kier molecular flexibility index (Phi) is 4.49. The highest BCUT2D eigenvalue weighted by molar-refractivity contribution is 6.26. The molecule has 4 nitrogen and oxygen atoms in total. The van der Waals surface area contributed by atoms with E-state index in [1.54, 1.807) is 18.7 Å². The normalized spacial score (nSPS) is 11.7. The van der Waals surface area contributed by atoms with Crippen LogP contribution in [-0.2, 0) is 0 Å². The van der Waals surface area contributed by atoms with Crippen LogP contribution < -0.4 is 0 Å². The van der Waals surface area contributed by atoms with Gasteiger partial charge in [-0.1, -0.05) is 60.7 Å². The summed E-state index contributed by atoms with van der Waals surface area (Å²) in [6, 6.07) is 34.9. The molecule has 0 N–H and O–H groups in total. The van der Waals surface area contributed by atoms with Gasteiger partial charge >= 0.3 is 0 Å². The van der Waals surface area contributed by atoms with Crippen LogP contribution in [0, 0.1) is 0 Å². The molecule has 0 atom stereocenters. The predicted molar refractivity (Wildman–Crippen MR) is 156 cm³/mol. The van der Waals surface area contributed by atoms with Gasteiger partial charge in [0.1, 0.15) is 6.33 Å². The first kappa shape index (κ1) is 20.9. The third-order valence-electron chi connectivity index (χ3n) is 7.48. The fourth-order valence-corrected chi connectivity index (χ4v) is 5.62. The van der Waals surface area contributed by atoms with Gasteiger partial charge in [0, 0.05) is 24.0 Å². The Morgan fingerprint density at radius 3 is 1.66 bits per heavy atom. The molecular weight excluding hydrogens is 464 g/mol. The first-order valence-electron chi connectivity index (χ1n) is 12.6. The van der Waals surface area contributed by atoms with Gasteiger partial charge < -0.3 is 0 Å². The number of rotatable bonds is 2. The number of hydrogen-bond acceptors (Lipinski definition) is 4. The second-order valence-corrected chi connectivity index (χ2v) is 9.62. The van der Waals surface area contributed by atoms with Gasteiger partial charge in [0.15, 0.2) is 0 Å². The second kappa shape index (κ2) is 8.15. The summed E-state index contributed by atoms with van der Waals surface area (Å²) in [4.78, 5) is 17.5. The highest BCUT2D eigenvalue weighted by Crippen LogP contribution is 2.39. The summed E-state index contributed by atoms with van der Waals surface area (Å²) < 4.78 is 0. The van der Waals surface area contributed by atoms with Crippen LogP contribution in [0.1, 0.15) is 0 Å². The monoisotopic (exact) mass is 484 g/mol. The molecular formula is C34H20N4. The zero-order valence-corrected chi connectivity index (χ0v) is 20.3. The molecule has 0 fully saturated rings. The molecule has 0 saturated carbocycles. The van der Waals surface area contributed by atoms with Crippen molar-refractivity contribution in [3.8, 4) is 22.3 Å². The Balaban J connectivity index is 1.35. The average molecular weight is 485 g/mol. The molecule has 0 bridgehead atoms. The van der Waals surface area contributed by atoms with Crippen LogP contribution in [-0.4, -0.2) is 19.9 Å². The number of benzene rings is 6. The van der Waals surface area contributed by atoms with E-state index in [2.05, 4.69) is 111 Å². The van der Waals surface area contributed by atoms with Gasteiger partial charge in [0.05, 0.1) is 16.6 Å². The van der Waals surface area contributed by atoms with Gasteiger partial charge in [-0.2, -0.15) is 0 Å². The maximum Gasteiger partial charge on any atom is 0.116 e. The maximum atomic E-state index is 4.50. The molecule has 0 aliphatic rings. The van der Waals surface area contributed by atoms with Gasteiger partial charge in [-0.25, -0.2) is 9.97 Å². The van der Waals surface area contributed by atoms with Gasteiger partial charge in [0.2, 0.25) is 0 Å². The van der Waals surface area contributed by atoms with E-state index in [1.807, 2.05) is 12.3 Å². The smallest absolute Gasteiger partial charge is 0.116 e. The van der Waals surface area contributed by atoms with E-state index >= 15 is 0 Å². The largest absolute Gasteiger partial charge is 0.253 e. The van der Waals surface area contributed by atoms with Crippen LogP contribution in [0.15, 0.2) is 122 Å². The molecule has 0 amide bonds. The highest BCUT2D eigenvalue weighted by atomic mass is 14.8. The fraction of sp³-hybridized carbons (Fsp3) is 0. The van der Waals surface area contributed by atoms with Gasteiger partial charge in [-0.15, -0.1) is 0 Å². The van der Waals surface area contributed by atoms with Crippen molar-refractivity contribution in [2.75, 3.05) is 0 Å². The lowest BCUT2D eigenvalue weighted by Crippen LogP contribution is -1.88. The standard InChI is InChI=1S/C34H20N4/c1-2-4-27-26(3-1)30-16-22(21-7-11-32-25(15-21)19-35-20-38-32)5-9-28(30)29-10-6-23(17-31(27)29)24-8-12-33-34(18-24)37-14-13-36-33/h1-20H. The van der Waals surface area contributed by atoms with E-state index in [4.69, 9.17) is 0 Å². The van der Waals surface area contributed by atoms with E-state index < -0.39 is 0 Å². The molecule has 6 aromatic carbocycles. The van der Waals surface area contributed by atoms with E-state index in [9.17, 15) is 0 Å². The summed E-state index contributed by atoms with van der Waals surface area (Å²) in [6.07, 6.45) is 6.94. The molecule has 4 heteroatoms. The summed E-state index contributed by atoms with van der Waals surface area (Å²) in [6.45, 7) is 0. The molecule has 0 saturated heterocycles. The second-order valence-electron chi connectivity index (χ2n) is 9.62. The molecule has 176 valence electrons. The first-order chi connectivity index (χ1) is 18.8. The summed E-state index contributed by atoms with van der Waals surface area (Å²) >= 11 is 0. The molecule has 2 aromatic heterocycles. The minimum Gasteiger partial charge on any atom is -0.253 e. The van der Waals surface area contributed by atoms with Crippen molar-refractivity contribution in [3.05, 3.63) is 122 Å². The van der Waals surface area contributed by atoms with Crippen molar-refractivity contribution in [2.24, 2.45) is 0 Å². The van der Waals surface area contributed by atoms with Crippen molar-refractivity contribution in [1.82, 2.24) is 19.9 Å². The molecule has 0 spiro atoms. The van der Waals surface area contributed by atoms with Crippen LogP contribution >= 0.6 is 0 Å². The molecule has 2 heterocycles. The molecule has 8 aromatic rings. The number of aromatic nitrogens is 4. The Morgan fingerprint density at radius 1 is 0.395 bits per heavy atom. The van der Waals surface area contributed by atoms with Gasteiger partial charge in [0.25, 0.3) is 0 Å². The molecule has 0 unspecified atom stereocenters. The molecule has 38 heavy (non-hydrogen) atoms. The van der Waals surface area contributed by atoms with E-state index in [-0.39, 0.29) is 0 Å². The zero-order valence-electron chi connectivity index (χ0n) is 20.3. The lowest BCUT2D eigenvalue weighted by Gasteiger charge is -2.14. The van der Waals surface area contributed by atoms with Crippen LogP contribution in [0.3, 0.4) is 0 Å². The summed E-state index contributed by atoms with van der Waals surface area (Å²) in [5.74, 6) is 0. The third-order valence-corrected chi connectivity index (χ3v) is 7.48. The molecule has 0 aliphatic heterocycles. The third kappa shape index (κ3) is 3.24. The minimum atomic E-state index is 0.904. The Labute approximate surface area is 218 Å². The summed E-state index contributed by atoms with van der Waals surface area (Å²) in [5.41, 5.74) is 7.42. The van der Waals surface area contributed by atoms with Crippen LogP contribution in [0.25, 0.3) is 76.5 Å². The first-order valence-corrected chi connectivity index (χ1v) is 12.6. The molecule has 8 rings (SSSR count). The molecule has 0 radical (unpaired) electrons. The van der Waals surface area contributed by atoms with E-state index in [0.717, 1.165) is 33.1 Å². The fourth-order valence-electron chi connectivity index (χ4n) is 5.62. The van der Waals surface area contributed by atoms with Crippen molar-refractivity contribution >= 4 is 54.3 Å². The number of nitrogens with zero attached hydrogens (tertiary/aromatic N) is 4. The van der Waals surface area contributed by atoms with Crippen LogP contribution in [0.4, 0.5) is 0 Å². The Hall–Kier alpha value is -5.22. The Bertz CT molecular complexity index is 2020. The minimum absolute atomic E-state index is 0.904. The number of fused-ring (bicyclic) bond motifs is 8. The topological polar surface area (TPSA) is 51.6 Å². The van der Waals surface area contributed by atoms with Gasteiger partial charge in [-0.05, 0) is 91.0 Å². The lowest BCUT2D eigenvalue weighted by molar-refractivity contribution is 1.22. The highest BCUT2D eigenvalue weighted by Gasteiger charge is 2.12. The number of hydrogen-bond donors (Lipinski definition) is 0. The summed E-state index contributed by atoms with van der Waals surface area (Å²) in [5, 5.41) is 8.55. The van der Waals surface area contributed by atoms with Crippen molar-refractivity contribution in [1.29, 1.82) is 0 Å². The van der Waals surface area contributed by atoms with Crippen LogP contribution in [0.5, 0.6) is 0 Å². The summed E-state index contributed by atoms with van der Waals surface area (Å²) in [7, 11) is 0. The predicted octanol–water partition coefficient (Wildman–Crippen LogP) is 8.37. The lowest BCUT2D eigenvalue weighted by atomic mass is 9.90. The van der Waals surface area contributed by atoms with E-state index in [0.29, 0.717) is 0 Å². The Morgan fingerprint density at radius 2 is 0.947 bits per heavy atom. The molecule has 0 aliphatic carbocycles. The average Bonchev–Trinajstić information content (AvgIpc) is 3.00. The maximum absolute atomic E-state index is 4.50. The van der Waals surface area contributed by atoms with Crippen molar-refractivity contribution in [2.45, 2.75) is 0 Å². The quantitative estimate of drug-likeness (QED) is 0.231.